The van der Waals surface area contributed by atoms with E-state index in [0.717, 1.165) is 54.9 Å². The normalized spacial score (nSPS) is 18.6. The number of nitriles is 1. The van der Waals surface area contributed by atoms with Crippen LogP contribution in [0.5, 0.6) is 5.75 Å². The second kappa shape index (κ2) is 7.72. The molecule has 0 radical (unpaired) electrons. The third kappa shape index (κ3) is 3.27. The molecular formula is C22H26N2O. The lowest BCUT2D eigenvalue weighted by Gasteiger charge is -2.29. The maximum atomic E-state index is 10.3. The predicted octanol–water partition coefficient (Wildman–Crippen LogP) is 4.51. The SMILES string of the molecule is CCN(CC)CCCC1(C#N)c2ccccc2COc2ccccc21. The molecule has 0 aliphatic carbocycles. The molecule has 0 fully saturated rings. The van der Waals surface area contributed by atoms with Gasteiger partial charge in [-0.05, 0) is 49.7 Å². The number of nitrogens with zero attached hydrogens (tertiary/aromatic N) is 2. The topological polar surface area (TPSA) is 36.3 Å². The van der Waals surface area contributed by atoms with E-state index in [9.17, 15) is 5.26 Å². The standard InChI is InChI=1S/C22H26N2O/c1-3-24(4-2)15-9-14-22(17-23)19-11-6-5-10-18(19)16-25-21-13-8-7-12-20(21)22/h5-8,10-13H,3-4,9,14-16H2,1-2H3. The van der Waals surface area contributed by atoms with Gasteiger partial charge in [0.1, 0.15) is 17.8 Å². The number of hydrogen-bond donors (Lipinski definition) is 0. The van der Waals surface area contributed by atoms with E-state index in [4.69, 9.17) is 4.74 Å². The zero-order valence-electron chi connectivity index (χ0n) is 15.2. The lowest BCUT2D eigenvalue weighted by Crippen LogP contribution is -2.30. The lowest BCUT2D eigenvalue weighted by molar-refractivity contribution is 0.290. The van der Waals surface area contributed by atoms with Gasteiger partial charge in [0, 0.05) is 5.56 Å². The second-order valence-corrected chi connectivity index (χ2v) is 6.59. The van der Waals surface area contributed by atoms with Crippen LogP contribution in [0.2, 0.25) is 0 Å². The van der Waals surface area contributed by atoms with Crippen molar-refractivity contribution in [2.24, 2.45) is 0 Å². The fourth-order valence-corrected chi connectivity index (χ4v) is 3.86. The molecule has 0 saturated carbocycles. The molecule has 3 heteroatoms. The summed E-state index contributed by atoms with van der Waals surface area (Å²) in [5.74, 6) is 0.836. The minimum Gasteiger partial charge on any atom is -0.489 e. The fraction of sp³-hybridized carbons (Fsp3) is 0.409. The first-order valence-electron chi connectivity index (χ1n) is 9.19. The van der Waals surface area contributed by atoms with Crippen molar-refractivity contribution in [3.8, 4) is 11.8 Å². The fourth-order valence-electron chi connectivity index (χ4n) is 3.86. The summed E-state index contributed by atoms with van der Waals surface area (Å²) in [6.07, 6.45) is 1.79. The Morgan fingerprint density at radius 2 is 1.72 bits per heavy atom. The lowest BCUT2D eigenvalue weighted by atomic mass is 9.71. The van der Waals surface area contributed by atoms with Crippen LogP contribution in [0.15, 0.2) is 48.5 Å². The Morgan fingerprint density at radius 1 is 1.04 bits per heavy atom. The Hall–Kier alpha value is -2.31. The van der Waals surface area contributed by atoms with Crippen molar-refractivity contribution in [2.45, 2.75) is 38.7 Å². The third-order valence-corrected chi connectivity index (χ3v) is 5.32. The van der Waals surface area contributed by atoms with Crippen molar-refractivity contribution >= 4 is 0 Å². The number of fused-ring (bicyclic) bond motifs is 2. The van der Waals surface area contributed by atoms with Crippen molar-refractivity contribution in [1.29, 1.82) is 5.26 Å². The first kappa shape index (κ1) is 17.5. The Morgan fingerprint density at radius 3 is 2.44 bits per heavy atom. The molecule has 2 aromatic rings. The molecule has 1 atom stereocenters. The van der Waals surface area contributed by atoms with E-state index < -0.39 is 5.41 Å². The van der Waals surface area contributed by atoms with Gasteiger partial charge in [0.2, 0.25) is 0 Å². The Kier molecular flexibility index (Phi) is 5.40. The minimum atomic E-state index is -0.642. The highest BCUT2D eigenvalue weighted by Gasteiger charge is 2.40. The van der Waals surface area contributed by atoms with E-state index in [2.05, 4.69) is 43.0 Å². The molecule has 0 saturated heterocycles. The Balaban J connectivity index is 2.02. The number of ether oxygens (including phenoxy) is 1. The van der Waals surface area contributed by atoms with Gasteiger partial charge in [-0.15, -0.1) is 0 Å². The van der Waals surface area contributed by atoms with Crippen molar-refractivity contribution in [3.63, 3.8) is 0 Å². The third-order valence-electron chi connectivity index (χ3n) is 5.32. The summed E-state index contributed by atoms with van der Waals surface area (Å²) in [7, 11) is 0. The summed E-state index contributed by atoms with van der Waals surface area (Å²) >= 11 is 0. The van der Waals surface area contributed by atoms with Gasteiger partial charge in [-0.1, -0.05) is 56.3 Å². The molecule has 0 bridgehead atoms. The molecule has 0 aromatic heterocycles. The van der Waals surface area contributed by atoms with E-state index in [0.29, 0.717) is 6.61 Å². The Labute approximate surface area is 150 Å². The highest BCUT2D eigenvalue weighted by molar-refractivity contribution is 5.55. The maximum Gasteiger partial charge on any atom is 0.124 e. The molecule has 130 valence electrons. The zero-order valence-corrected chi connectivity index (χ0v) is 15.2. The summed E-state index contributed by atoms with van der Waals surface area (Å²) < 4.78 is 6.04. The largest absolute Gasteiger partial charge is 0.489 e. The van der Waals surface area contributed by atoms with E-state index in [1.54, 1.807) is 0 Å². The molecule has 1 unspecified atom stereocenters. The molecule has 2 aromatic carbocycles. The van der Waals surface area contributed by atoms with Crippen LogP contribution in [0.3, 0.4) is 0 Å². The highest BCUT2D eigenvalue weighted by Crippen LogP contribution is 2.44. The maximum absolute atomic E-state index is 10.3. The molecule has 0 N–H and O–H groups in total. The molecule has 3 nitrogen and oxygen atoms in total. The van der Waals surface area contributed by atoms with Gasteiger partial charge in [0.15, 0.2) is 0 Å². The van der Waals surface area contributed by atoms with Gasteiger partial charge in [-0.2, -0.15) is 5.26 Å². The molecule has 0 spiro atoms. The summed E-state index contributed by atoms with van der Waals surface area (Å²) in [5, 5.41) is 10.3. The van der Waals surface area contributed by atoms with Crippen LogP contribution in [-0.2, 0) is 12.0 Å². The number of rotatable bonds is 6. The summed E-state index contributed by atoms with van der Waals surface area (Å²) in [6, 6.07) is 18.9. The van der Waals surface area contributed by atoms with Gasteiger partial charge in [-0.25, -0.2) is 0 Å². The molecule has 3 rings (SSSR count). The van der Waals surface area contributed by atoms with Gasteiger partial charge in [0.25, 0.3) is 0 Å². The van der Waals surface area contributed by atoms with Crippen LogP contribution in [0.25, 0.3) is 0 Å². The predicted molar refractivity (Wildman–Crippen MR) is 101 cm³/mol. The van der Waals surface area contributed by atoms with E-state index in [1.807, 2.05) is 30.3 Å². The molecule has 1 aliphatic heterocycles. The van der Waals surface area contributed by atoms with E-state index in [1.165, 1.54) is 0 Å². The quantitative estimate of drug-likeness (QED) is 0.780. The smallest absolute Gasteiger partial charge is 0.124 e. The van der Waals surface area contributed by atoms with E-state index >= 15 is 0 Å². The minimum absolute atomic E-state index is 0.520. The van der Waals surface area contributed by atoms with Crippen molar-refractivity contribution in [3.05, 3.63) is 65.2 Å². The van der Waals surface area contributed by atoms with Gasteiger partial charge >= 0.3 is 0 Å². The second-order valence-electron chi connectivity index (χ2n) is 6.59. The van der Waals surface area contributed by atoms with Crippen LogP contribution in [0, 0.1) is 11.3 Å². The summed E-state index contributed by atoms with van der Waals surface area (Å²) in [5.41, 5.74) is 2.57. The van der Waals surface area contributed by atoms with Crippen molar-refractivity contribution in [2.75, 3.05) is 19.6 Å². The Bertz CT molecular complexity index is 711. The number of hydrogen-bond acceptors (Lipinski definition) is 3. The first-order valence-corrected chi connectivity index (χ1v) is 9.19. The van der Waals surface area contributed by atoms with Gasteiger partial charge < -0.3 is 9.64 Å². The van der Waals surface area contributed by atoms with Crippen LogP contribution in [0.1, 0.15) is 43.4 Å². The van der Waals surface area contributed by atoms with Crippen molar-refractivity contribution < 1.29 is 4.74 Å². The monoisotopic (exact) mass is 334 g/mol. The summed E-state index contributed by atoms with van der Waals surface area (Å²) in [4.78, 5) is 2.41. The average molecular weight is 334 g/mol. The van der Waals surface area contributed by atoms with E-state index in [-0.39, 0.29) is 0 Å². The van der Waals surface area contributed by atoms with Crippen molar-refractivity contribution in [1.82, 2.24) is 4.90 Å². The zero-order chi connectivity index (χ0) is 17.7. The summed E-state index contributed by atoms with van der Waals surface area (Å²) in [6.45, 7) is 8.01. The molecule has 1 aliphatic rings. The molecule has 25 heavy (non-hydrogen) atoms. The van der Waals surface area contributed by atoms with Crippen LogP contribution < -0.4 is 4.74 Å². The molecular weight excluding hydrogens is 308 g/mol. The number of benzene rings is 2. The highest BCUT2D eigenvalue weighted by atomic mass is 16.5. The van der Waals surface area contributed by atoms with Crippen LogP contribution >= 0.6 is 0 Å². The molecule has 0 amide bonds. The van der Waals surface area contributed by atoms with Crippen LogP contribution in [-0.4, -0.2) is 24.5 Å². The van der Waals surface area contributed by atoms with Gasteiger partial charge in [0.05, 0.1) is 6.07 Å². The first-order chi connectivity index (χ1) is 12.2. The number of para-hydroxylation sites is 1. The average Bonchev–Trinajstić information content (AvgIpc) is 2.81. The van der Waals surface area contributed by atoms with Crippen LogP contribution in [0.4, 0.5) is 0 Å². The molecule has 1 heterocycles. The van der Waals surface area contributed by atoms with Gasteiger partial charge in [-0.3, -0.25) is 0 Å².